The molecular weight excluding hydrogens is 560 g/mol. The molecule has 4 N–H and O–H groups in total. The van der Waals surface area contributed by atoms with Crippen LogP contribution in [0, 0.1) is 0 Å². The second-order valence-electron chi connectivity index (χ2n) is 12.3. The van der Waals surface area contributed by atoms with E-state index in [2.05, 4.69) is 24.5 Å². The van der Waals surface area contributed by atoms with Crippen molar-refractivity contribution in [3.63, 3.8) is 0 Å². The number of carbonyl (C=O) groups is 4. The number of carboxylic acid groups (broad SMARTS) is 1. The molecular formula is C35H66N2O7. The Bertz CT molecular complexity index is 732. The molecule has 9 nitrogen and oxygen atoms in total. The lowest BCUT2D eigenvalue weighted by atomic mass is 10.0. The average molecular weight is 627 g/mol. The third kappa shape index (κ3) is 27.4. The number of ether oxygens (including phenoxy) is 1. The molecule has 2 amide bonds. The van der Waals surface area contributed by atoms with Crippen LogP contribution in [0.5, 0.6) is 0 Å². The first-order valence-electron chi connectivity index (χ1n) is 17.9. The highest BCUT2D eigenvalue weighted by Crippen LogP contribution is 2.17. The van der Waals surface area contributed by atoms with Gasteiger partial charge < -0.3 is 25.6 Å². The van der Waals surface area contributed by atoms with Crippen LogP contribution in [0.2, 0.25) is 0 Å². The summed E-state index contributed by atoms with van der Waals surface area (Å²) in [6.07, 6.45) is 27.9. The number of nitrogens with one attached hydrogen (secondary N) is 2. The molecule has 0 saturated heterocycles. The van der Waals surface area contributed by atoms with Crippen molar-refractivity contribution in [2.45, 2.75) is 187 Å². The summed E-state index contributed by atoms with van der Waals surface area (Å²) in [5.41, 5.74) is 0. The predicted molar refractivity (Wildman–Crippen MR) is 176 cm³/mol. The van der Waals surface area contributed by atoms with Crippen molar-refractivity contribution in [1.82, 2.24) is 10.6 Å². The summed E-state index contributed by atoms with van der Waals surface area (Å²) in [6.45, 7) is 3.29. The molecule has 258 valence electrons. The van der Waals surface area contributed by atoms with Gasteiger partial charge in [0.25, 0.3) is 0 Å². The maximum atomic E-state index is 12.4. The number of aliphatic hydroxyl groups is 1. The van der Waals surface area contributed by atoms with E-state index < -0.39 is 24.5 Å². The Hall–Kier alpha value is -2.16. The predicted octanol–water partition coefficient (Wildman–Crippen LogP) is 7.37. The van der Waals surface area contributed by atoms with Crippen molar-refractivity contribution < 1.29 is 34.1 Å². The Kier molecular flexibility index (Phi) is 29.3. The minimum atomic E-state index is -1.39. The molecule has 0 aliphatic carbocycles. The van der Waals surface area contributed by atoms with Gasteiger partial charge in [0.05, 0.1) is 13.2 Å². The highest BCUT2D eigenvalue weighted by molar-refractivity contribution is 5.87. The molecule has 0 radical (unpaired) electrons. The summed E-state index contributed by atoms with van der Waals surface area (Å²) in [6, 6.07) is -1.39. The van der Waals surface area contributed by atoms with Gasteiger partial charge in [0, 0.05) is 12.8 Å². The van der Waals surface area contributed by atoms with Crippen molar-refractivity contribution in [1.29, 1.82) is 0 Å². The van der Waals surface area contributed by atoms with Gasteiger partial charge >= 0.3 is 11.9 Å². The molecule has 0 aliphatic rings. The number of unbranched alkanes of at least 4 members (excludes halogenated alkanes) is 18. The van der Waals surface area contributed by atoms with E-state index in [0.717, 1.165) is 44.9 Å². The zero-order valence-corrected chi connectivity index (χ0v) is 28.2. The molecule has 0 fully saturated rings. The number of carboxylic acids is 1. The Morgan fingerprint density at radius 1 is 0.591 bits per heavy atom. The van der Waals surface area contributed by atoms with E-state index in [0.29, 0.717) is 12.8 Å². The monoisotopic (exact) mass is 626 g/mol. The van der Waals surface area contributed by atoms with E-state index in [9.17, 15) is 19.2 Å². The molecule has 0 aliphatic heterocycles. The van der Waals surface area contributed by atoms with Crippen LogP contribution >= 0.6 is 0 Å². The fourth-order valence-corrected chi connectivity index (χ4v) is 5.36. The lowest BCUT2D eigenvalue weighted by molar-refractivity contribution is -0.150. The maximum Gasteiger partial charge on any atom is 0.328 e. The lowest BCUT2D eigenvalue weighted by Crippen LogP contribution is -2.47. The van der Waals surface area contributed by atoms with Gasteiger partial charge in [0.1, 0.15) is 12.1 Å². The third-order valence-corrected chi connectivity index (χ3v) is 8.09. The van der Waals surface area contributed by atoms with Crippen molar-refractivity contribution in [3.05, 3.63) is 0 Å². The van der Waals surface area contributed by atoms with Crippen LogP contribution in [0.1, 0.15) is 174 Å². The highest BCUT2D eigenvalue weighted by atomic mass is 16.5. The summed E-state index contributed by atoms with van der Waals surface area (Å²) < 4.78 is 5.75. The van der Waals surface area contributed by atoms with Crippen molar-refractivity contribution in [3.8, 4) is 0 Å². The van der Waals surface area contributed by atoms with Gasteiger partial charge in [-0.1, -0.05) is 129 Å². The molecule has 0 saturated carbocycles. The average Bonchev–Trinajstić information content (AvgIpc) is 3.00. The molecule has 9 heteroatoms. The van der Waals surface area contributed by atoms with Crippen molar-refractivity contribution in [2.75, 3.05) is 13.2 Å². The molecule has 0 rings (SSSR count). The van der Waals surface area contributed by atoms with Crippen LogP contribution in [0.3, 0.4) is 0 Å². The van der Waals surface area contributed by atoms with Crippen LogP contribution in [-0.4, -0.2) is 59.3 Å². The normalized spacial score (nSPS) is 12.4. The molecule has 44 heavy (non-hydrogen) atoms. The molecule has 0 aromatic carbocycles. The van der Waals surface area contributed by atoms with Crippen molar-refractivity contribution in [2.24, 2.45) is 0 Å². The van der Waals surface area contributed by atoms with Crippen LogP contribution in [0.25, 0.3) is 0 Å². The number of aliphatic carboxylic acids is 1. The first-order chi connectivity index (χ1) is 21.3. The number of hydrogen-bond donors (Lipinski definition) is 4. The molecule has 2 atom stereocenters. The topological polar surface area (TPSA) is 142 Å². The second-order valence-corrected chi connectivity index (χ2v) is 12.3. The van der Waals surface area contributed by atoms with E-state index in [-0.39, 0.29) is 30.9 Å². The van der Waals surface area contributed by atoms with Crippen LogP contribution in [0.15, 0.2) is 0 Å². The van der Waals surface area contributed by atoms with Crippen LogP contribution < -0.4 is 10.6 Å². The first kappa shape index (κ1) is 41.8. The summed E-state index contributed by atoms with van der Waals surface area (Å²) in [5.74, 6) is -2.40. The number of amides is 2. The fraction of sp³-hybridized carbons (Fsp3) is 0.886. The SMILES string of the molecule is CCCCCCCCCCCCCCCCCCCC(=O)OC(CCC)CCCCCC(=O)NCC(=O)NC(CO)C(=O)O. The molecule has 0 bridgehead atoms. The molecule has 0 spiro atoms. The molecule has 0 aromatic heterocycles. The summed E-state index contributed by atoms with van der Waals surface area (Å²) in [7, 11) is 0. The minimum absolute atomic E-state index is 0.0791. The standard InChI is InChI=1S/C35H66N2O7/c1-3-5-6-7-8-9-10-11-12-13-14-15-16-17-18-19-23-27-34(41)44-30(24-4-2)25-21-20-22-26-32(39)36-28-33(40)37-31(29-38)35(42)43/h30-31,38H,3-29H2,1-2H3,(H,36,39)(H,37,40)(H,42,43). The number of hydrogen-bond acceptors (Lipinski definition) is 6. The zero-order valence-electron chi connectivity index (χ0n) is 28.2. The van der Waals surface area contributed by atoms with E-state index in [4.69, 9.17) is 14.9 Å². The Labute approximate surface area is 268 Å². The van der Waals surface area contributed by atoms with Gasteiger partial charge in [-0.05, 0) is 32.1 Å². The second kappa shape index (κ2) is 30.8. The van der Waals surface area contributed by atoms with Gasteiger partial charge in [-0.25, -0.2) is 4.79 Å². The maximum absolute atomic E-state index is 12.4. The van der Waals surface area contributed by atoms with Crippen LogP contribution in [-0.2, 0) is 23.9 Å². The zero-order chi connectivity index (χ0) is 32.7. The van der Waals surface area contributed by atoms with Crippen LogP contribution in [0.4, 0.5) is 0 Å². The Morgan fingerprint density at radius 3 is 1.55 bits per heavy atom. The largest absolute Gasteiger partial charge is 0.480 e. The highest BCUT2D eigenvalue weighted by Gasteiger charge is 2.19. The number of esters is 1. The molecule has 0 heterocycles. The Balaban J connectivity index is 3.73. The molecule has 0 aromatic rings. The van der Waals surface area contributed by atoms with E-state index in [1.54, 1.807) is 0 Å². The Morgan fingerprint density at radius 2 is 1.07 bits per heavy atom. The number of rotatable bonds is 32. The summed E-state index contributed by atoms with van der Waals surface area (Å²) in [4.78, 5) is 46.8. The van der Waals surface area contributed by atoms with Gasteiger partial charge in [0.15, 0.2) is 0 Å². The van der Waals surface area contributed by atoms with E-state index in [1.165, 1.54) is 96.3 Å². The summed E-state index contributed by atoms with van der Waals surface area (Å²) in [5, 5.41) is 22.4. The van der Waals surface area contributed by atoms with Crippen molar-refractivity contribution >= 4 is 23.8 Å². The van der Waals surface area contributed by atoms with Gasteiger partial charge in [-0.3, -0.25) is 14.4 Å². The summed E-state index contributed by atoms with van der Waals surface area (Å²) >= 11 is 0. The first-order valence-corrected chi connectivity index (χ1v) is 17.9. The quantitative estimate of drug-likeness (QED) is 0.0451. The number of aliphatic hydroxyl groups excluding tert-OH is 1. The minimum Gasteiger partial charge on any atom is -0.480 e. The third-order valence-electron chi connectivity index (χ3n) is 8.09. The lowest BCUT2D eigenvalue weighted by Gasteiger charge is -2.17. The van der Waals surface area contributed by atoms with Gasteiger partial charge in [0.2, 0.25) is 11.8 Å². The smallest absolute Gasteiger partial charge is 0.328 e. The fourth-order valence-electron chi connectivity index (χ4n) is 5.36. The number of carbonyl (C=O) groups excluding carboxylic acids is 3. The van der Waals surface area contributed by atoms with E-state index in [1.807, 2.05) is 0 Å². The van der Waals surface area contributed by atoms with E-state index >= 15 is 0 Å². The van der Waals surface area contributed by atoms with Gasteiger partial charge in [-0.15, -0.1) is 0 Å². The van der Waals surface area contributed by atoms with Gasteiger partial charge in [-0.2, -0.15) is 0 Å². The molecule has 2 unspecified atom stereocenters.